The number of furan rings is 2. The number of anilines is 6. The van der Waals surface area contributed by atoms with Crippen molar-refractivity contribution in [3.63, 3.8) is 0 Å². The molecule has 2 fully saturated rings. The fourth-order valence-corrected chi connectivity index (χ4v) is 8.65. The molecule has 0 unspecified atom stereocenters. The Hall–Kier alpha value is -6.14. The first-order valence-electron chi connectivity index (χ1n) is 19.6. The normalized spacial score (nSPS) is 18.0. The maximum absolute atomic E-state index is 6.02. The Balaban J connectivity index is 1.10. The van der Waals surface area contributed by atoms with E-state index in [0.717, 1.165) is 82.2 Å². The van der Waals surface area contributed by atoms with Gasteiger partial charge >= 0.3 is 0 Å². The van der Waals surface area contributed by atoms with Gasteiger partial charge in [-0.15, -0.1) is 11.3 Å². The lowest BCUT2D eigenvalue weighted by Gasteiger charge is -2.33. The van der Waals surface area contributed by atoms with Crippen LogP contribution in [-0.2, 0) is 0 Å². The number of piperidine rings is 2. The highest BCUT2D eigenvalue weighted by Crippen LogP contribution is 2.39. The van der Waals surface area contributed by atoms with Gasteiger partial charge in [-0.05, 0) is 125 Å². The van der Waals surface area contributed by atoms with Crippen molar-refractivity contribution in [3.05, 3.63) is 124 Å². The van der Waals surface area contributed by atoms with E-state index in [1.54, 1.807) is 11.3 Å². The van der Waals surface area contributed by atoms with E-state index in [1.165, 1.54) is 49.9 Å². The average Bonchev–Trinajstić information content (AvgIpc) is 4.01. The standard InChI is InChI=1S/C44H43N9O2S/c1-28-11-17-40(54-28)45-35-24-30(51-19-5-3-6-20-51)13-15-33(35)37-26-32-27-38(48-44-50-42(39-10-9-23-56-39)49-43(47-37)53(32)44)34-16-14-31(52-21-7-4-8-22-52)25-36(34)46-41-18-12-29(2)55-41/h9-18,23-27,45-46H,3-8,19-22H2,1-2H3. The second-order valence-electron chi connectivity index (χ2n) is 14.8. The summed E-state index contributed by atoms with van der Waals surface area (Å²) in [5.74, 6) is 4.69. The van der Waals surface area contributed by atoms with Crippen molar-refractivity contribution in [1.82, 2.24) is 4.90 Å². The molecule has 0 atom stereocenters. The van der Waals surface area contributed by atoms with E-state index in [2.05, 4.69) is 69.0 Å². The van der Waals surface area contributed by atoms with Crippen molar-refractivity contribution < 1.29 is 8.83 Å². The molecule has 0 amide bonds. The van der Waals surface area contributed by atoms with Crippen LogP contribution in [-0.4, -0.2) is 54.5 Å². The maximum atomic E-state index is 6.02. The van der Waals surface area contributed by atoms with Crippen LogP contribution in [0.1, 0.15) is 66.0 Å². The Morgan fingerprint density at radius 3 is 1.80 bits per heavy atom. The van der Waals surface area contributed by atoms with Gasteiger partial charge in [0.2, 0.25) is 11.9 Å². The highest BCUT2D eigenvalue weighted by Gasteiger charge is 2.34. The molecule has 2 aromatic carbocycles. The molecule has 56 heavy (non-hydrogen) atoms. The number of amidine groups is 1. The number of allylic oxidation sites excluding steroid dienone is 2. The minimum absolute atomic E-state index is 0.523. The molecular weight excluding hydrogens is 719 g/mol. The van der Waals surface area contributed by atoms with Crippen molar-refractivity contribution in [3.8, 4) is 0 Å². The predicted molar refractivity (Wildman–Crippen MR) is 229 cm³/mol. The molecule has 282 valence electrons. The van der Waals surface area contributed by atoms with Crippen LogP contribution in [0.4, 0.5) is 34.5 Å². The van der Waals surface area contributed by atoms with Crippen molar-refractivity contribution in [2.75, 3.05) is 46.6 Å². The predicted octanol–water partition coefficient (Wildman–Crippen LogP) is 10.2. The van der Waals surface area contributed by atoms with Crippen molar-refractivity contribution in [1.29, 1.82) is 0 Å². The summed E-state index contributed by atoms with van der Waals surface area (Å²) in [6, 6.07) is 25.1. The number of aryl methyl sites for hydroxylation is 2. The number of thiophene rings is 1. The van der Waals surface area contributed by atoms with Crippen LogP contribution in [0.25, 0.3) is 5.70 Å². The first-order valence-corrected chi connectivity index (χ1v) is 20.5. The summed E-state index contributed by atoms with van der Waals surface area (Å²) in [4.78, 5) is 28.3. The zero-order valence-corrected chi connectivity index (χ0v) is 32.4. The Kier molecular flexibility index (Phi) is 8.90. The van der Waals surface area contributed by atoms with Gasteiger partial charge in [0, 0.05) is 60.8 Å². The molecule has 3 aromatic heterocycles. The van der Waals surface area contributed by atoms with E-state index in [1.807, 2.05) is 60.5 Å². The summed E-state index contributed by atoms with van der Waals surface area (Å²) in [6.45, 7) is 8.10. The monoisotopic (exact) mass is 761 g/mol. The summed E-state index contributed by atoms with van der Waals surface area (Å²) >= 11 is 1.60. The average molecular weight is 762 g/mol. The molecule has 0 aliphatic carbocycles. The van der Waals surface area contributed by atoms with Crippen molar-refractivity contribution in [2.24, 2.45) is 20.0 Å². The molecule has 5 aromatic rings. The lowest BCUT2D eigenvalue weighted by molar-refractivity contribution is 0.550. The largest absolute Gasteiger partial charge is 0.446 e. The summed E-state index contributed by atoms with van der Waals surface area (Å²) in [6.07, 6.45) is 11.6. The zero-order chi connectivity index (χ0) is 37.6. The number of hydrogen-bond acceptors (Lipinski definition) is 12. The summed E-state index contributed by atoms with van der Waals surface area (Å²) < 4.78 is 12.0. The van der Waals surface area contributed by atoms with Crippen LogP contribution in [0, 0.1) is 13.8 Å². The third kappa shape index (κ3) is 6.74. The van der Waals surface area contributed by atoms with Gasteiger partial charge in [-0.2, -0.15) is 9.98 Å². The lowest BCUT2D eigenvalue weighted by atomic mass is 10.0. The number of nitrogens with zero attached hydrogens (tertiary/aromatic N) is 7. The second kappa shape index (κ2) is 14.5. The quantitative estimate of drug-likeness (QED) is 0.154. The molecule has 5 aliphatic rings. The molecule has 0 saturated carbocycles. The summed E-state index contributed by atoms with van der Waals surface area (Å²) in [7, 11) is 0. The Morgan fingerprint density at radius 1 is 0.607 bits per heavy atom. The molecule has 2 saturated heterocycles. The van der Waals surface area contributed by atoms with Crippen LogP contribution in [0.15, 0.2) is 125 Å². The Bertz CT molecular complexity index is 2380. The number of aliphatic imine (C=N–C) groups is 4. The molecule has 10 rings (SSSR count). The molecule has 0 radical (unpaired) electrons. The SMILES string of the molecule is Cc1ccc(Nc2cc(N3CCCCC3)ccc2C2=CC3=CC(c4ccc(N5CCCCC5)cc4Nc4ccc(C)o4)=NC4=NC(c5cccs5)=NC(=N2)N34)o1. The zero-order valence-electron chi connectivity index (χ0n) is 31.6. The van der Waals surface area contributed by atoms with Crippen LogP contribution >= 0.6 is 11.3 Å². The third-order valence-electron chi connectivity index (χ3n) is 10.8. The van der Waals surface area contributed by atoms with E-state index in [4.69, 9.17) is 28.8 Å². The van der Waals surface area contributed by atoms with Crippen molar-refractivity contribution in [2.45, 2.75) is 52.4 Å². The lowest BCUT2D eigenvalue weighted by Crippen LogP contribution is -2.42. The molecule has 12 heteroatoms. The molecule has 5 aliphatic heterocycles. The van der Waals surface area contributed by atoms with Gasteiger partial charge in [0.25, 0.3) is 0 Å². The topological polar surface area (TPSA) is 110 Å². The smallest absolute Gasteiger partial charge is 0.239 e. The molecule has 2 N–H and O–H groups in total. The number of nitrogens with one attached hydrogen (secondary N) is 2. The molecule has 11 nitrogen and oxygen atoms in total. The second-order valence-corrected chi connectivity index (χ2v) is 15.7. The molecule has 0 bridgehead atoms. The summed E-state index contributed by atoms with van der Waals surface area (Å²) in [5, 5.41) is 9.22. The van der Waals surface area contributed by atoms with Gasteiger partial charge in [0.1, 0.15) is 11.5 Å². The first-order chi connectivity index (χ1) is 27.5. The van der Waals surface area contributed by atoms with E-state index in [9.17, 15) is 0 Å². The summed E-state index contributed by atoms with van der Waals surface area (Å²) in [5.41, 5.74) is 8.51. The van der Waals surface area contributed by atoms with E-state index in [-0.39, 0.29) is 0 Å². The first kappa shape index (κ1) is 34.4. The molecular formula is C44H43N9O2S. The van der Waals surface area contributed by atoms with Crippen LogP contribution in [0.2, 0.25) is 0 Å². The molecule has 8 heterocycles. The van der Waals surface area contributed by atoms with Crippen molar-refractivity contribution >= 4 is 75.0 Å². The van der Waals surface area contributed by atoms with Crippen LogP contribution < -0.4 is 20.4 Å². The van der Waals surface area contributed by atoms with Gasteiger partial charge < -0.3 is 29.3 Å². The minimum Gasteiger partial charge on any atom is -0.446 e. The van der Waals surface area contributed by atoms with E-state index < -0.39 is 0 Å². The highest BCUT2D eigenvalue weighted by atomic mass is 32.1. The Labute approximate surface area is 330 Å². The third-order valence-corrected chi connectivity index (χ3v) is 11.7. The number of benzene rings is 2. The van der Waals surface area contributed by atoms with Gasteiger partial charge in [0.05, 0.1) is 33.4 Å². The maximum Gasteiger partial charge on any atom is 0.239 e. The van der Waals surface area contributed by atoms with Gasteiger partial charge in [-0.1, -0.05) is 6.07 Å². The highest BCUT2D eigenvalue weighted by molar-refractivity contribution is 7.12. The van der Waals surface area contributed by atoms with Gasteiger partial charge in [-0.25, -0.2) is 14.9 Å². The van der Waals surface area contributed by atoms with Gasteiger partial charge in [-0.3, -0.25) is 0 Å². The number of rotatable bonds is 9. The molecule has 0 spiro atoms. The fraction of sp³-hybridized carbons (Fsp3) is 0.273. The number of guanidine groups is 2. The van der Waals surface area contributed by atoms with E-state index in [0.29, 0.717) is 29.5 Å². The fourth-order valence-electron chi connectivity index (χ4n) is 7.99. The minimum atomic E-state index is 0.523. The Morgan fingerprint density at radius 2 is 1.21 bits per heavy atom. The van der Waals surface area contributed by atoms with Crippen LogP contribution in [0.3, 0.4) is 0 Å². The number of hydrogen-bond donors (Lipinski definition) is 2. The van der Waals surface area contributed by atoms with Gasteiger partial charge in [0.15, 0.2) is 17.6 Å². The van der Waals surface area contributed by atoms with Crippen LogP contribution in [0.5, 0.6) is 0 Å². The van der Waals surface area contributed by atoms with E-state index >= 15 is 0 Å².